The summed E-state index contributed by atoms with van der Waals surface area (Å²) < 4.78 is 0. The van der Waals surface area contributed by atoms with Crippen LogP contribution in [0.2, 0.25) is 0 Å². The van der Waals surface area contributed by atoms with Crippen molar-refractivity contribution < 1.29 is 0 Å². The largest absolute Gasteiger partial charge is 0.307 e. The molecule has 2 rings (SSSR count). The Labute approximate surface area is 98.5 Å². The van der Waals surface area contributed by atoms with Crippen LogP contribution >= 0.6 is 0 Å². The average molecular weight is 218 g/mol. The van der Waals surface area contributed by atoms with Crippen LogP contribution in [0.5, 0.6) is 0 Å². The van der Waals surface area contributed by atoms with Crippen LogP contribution in [-0.2, 0) is 0 Å². The summed E-state index contributed by atoms with van der Waals surface area (Å²) in [6, 6.07) is 5.45. The van der Waals surface area contributed by atoms with Gasteiger partial charge in [-0.3, -0.25) is 4.98 Å². The van der Waals surface area contributed by atoms with E-state index >= 15 is 0 Å². The van der Waals surface area contributed by atoms with E-state index < -0.39 is 0 Å². The number of rotatable bonds is 4. The van der Waals surface area contributed by atoms with Gasteiger partial charge in [0.05, 0.1) is 0 Å². The highest BCUT2D eigenvalue weighted by Gasteiger charge is 2.25. The van der Waals surface area contributed by atoms with Crippen LogP contribution in [-0.4, -0.2) is 11.0 Å². The van der Waals surface area contributed by atoms with E-state index in [0.717, 1.165) is 12.3 Å². The topological polar surface area (TPSA) is 24.9 Å². The summed E-state index contributed by atoms with van der Waals surface area (Å²) >= 11 is 0. The fourth-order valence-electron chi connectivity index (χ4n) is 2.70. The summed E-state index contributed by atoms with van der Waals surface area (Å²) in [7, 11) is 0. The zero-order valence-electron chi connectivity index (χ0n) is 10.3. The molecule has 0 aromatic carbocycles. The average Bonchev–Trinajstić information content (AvgIpc) is 2.73. The van der Waals surface area contributed by atoms with Gasteiger partial charge in [0.15, 0.2) is 0 Å². The Kier molecular flexibility index (Phi) is 3.94. The second-order valence-electron chi connectivity index (χ2n) is 4.92. The summed E-state index contributed by atoms with van der Waals surface area (Å²) in [6.07, 6.45) is 9.02. The second-order valence-corrected chi connectivity index (χ2v) is 4.92. The molecule has 0 bridgehead atoms. The molecule has 1 aliphatic carbocycles. The molecule has 1 fully saturated rings. The SMILES string of the molecule is CCC(NC1CCCC1C)c1ccncc1. The van der Waals surface area contributed by atoms with Crippen molar-refractivity contribution in [2.75, 3.05) is 0 Å². The third-order valence-electron chi connectivity index (χ3n) is 3.79. The Balaban J connectivity index is 2.00. The molecule has 2 heteroatoms. The molecule has 1 aromatic heterocycles. The zero-order valence-corrected chi connectivity index (χ0v) is 10.3. The third kappa shape index (κ3) is 2.62. The standard InChI is InChI=1S/C14H22N2/c1-3-13(12-7-9-15-10-8-12)16-14-6-4-5-11(14)2/h7-11,13-14,16H,3-6H2,1-2H3. The minimum absolute atomic E-state index is 0.494. The second kappa shape index (κ2) is 5.44. The number of aromatic nitrogens is 1. The normalized spacial score (nSPS) is 26.9. The van der Waals surface area contributed by atoms with Gasteiger partial charge in [-0.05, 0) is 42.9 Å². The van der Waals surface area contributed by atoms with E-state index in [1.165, 1.54) is 24.8 Å². The van der Waals surface area contributed by atoms with Crippen LogP contribution in [0.1, 0.15) is 51.1 Å². The maximum Gasteiger partial charge on any atom is 0.0321 e. The minimum Gasteiger partial charge on any atom is -0.307 e. The molecule has 16 heavy (non-hydrogen) atoms. The molecule has 0 radical (unpaired) electrons. The van der Waals surface area contributed by atoms with Gasteiger partial charge < -0.3 is 5.32 Å². The maximum atomic E-state index is 4.08. The first-order valence-electron chi connectivity index (χ1n) is 6.47. The van der Waals surface area contributed by atoms with Crippen LogP contribution < -0.4 is 5.32 Å². The number of hydrogen-bond acceptors (Lipinski definition) is 2. The molecule has 3 atom stereocenters. The molecular formula is C14H22N2. The van der Waals surface area contributed by atoms with Gasteiger partial charge in [-0.15, -0.1) is 0 Å². The fraction of sp³-hybridized carbons (Fsp3) is 0.643. The van der Waals surface area contributed by atoms with Crippen molar-refractivity contribution in [3.05, 3.63) is 30.1 Å². The summed E-state index contributed by atoms with van der Waals surface area (Å²) in [5, 5.41) is 3.80. The van der Waals surface area contributed by atoms with Crippen LogP contribution in [0.4, 0.5) is 0 Å². The monoisotopic (exact) mass is 218 g/mol. The van der Waals surface area contributed by atoms with E-state index in [1.54, 1.807) is 0 Å². The van der Waals surface area contributed by atoms with Crippen molar-refractivity contribution >= 4 is 0 Å². The minimum atomic E-state index is 0.494. The molecule has 1 N–H and O–H groups in total. The van der Waals surface area contributed by atoms with Gasteiger partial charge in [-0.1, -0.05) is 20.3 Å². The lowest BCUT2D eigenvalue weighted by atomic mass is 10.0. The van der Waals surface area contributed by atoms with Crippen molar-refractivity contribution in [3.8, 4) is 0 Å². The molecule has 1 aliphatic rings. The molecule has 1 aromatic rings. The molecule has 0 spiro atoms. The van der Waals surface area contributed by atoms with Crippen molar-refractivity contribution in [3.63, 3.8) is 0 Å². The van der Waals surface area contributed by atoms with Crippen molar-refractivity contribution in [1.29, 1.82) is 0 Å². The molecule has 1 saturated carbocycles. The first-order valence-corrected chi connectivity index (χ1v) is 6.47. The van der Waals surface area contributed by atoms with Crippen LogP contribution in [0, 0.1) is 5.92 Å². The molecule has 0 aliphatic heterocycles. The van der Waals surface area contributed by atoms with Crippen LogP contribution in [0.15, 0.2) is 24.5 Å². The fourth-order valence-corrected chi connectivity index (χ4v) is 2.70. The van der Waals surface area contributed by atoms with E-state index in [4.69, 9.17) is 0 Å². The first-order chi connectivity index (χ1) is 7.81. The number of nitrogens with one attached hydrogen (secondary N) is 1. The highest BCUT2D eigenvalue weighted by atomic mass is 15.0. The molecular weight excluding hydrogens is 196 g/mol. The van der Waals surface area contributed by atoms with Crippen molar-refractivity contribution in [2.24, 2.45) is 5.92 Å². The van der Waals surface area contributed by atoms with E-state index in [1.807, 2.05) is 12.4 Å². The number of pyridine rings is 1. The van der Waals surface area contributed by atoms with E-state index in [9.17, 15) is 0 Å². The Morgan fingerprint density at radius 3 is 2.69 bits per heavy atom. The lowest BCUT2D eigenvalue weighted by Crippen LogP contribution is -2.34. The quantitative estimate of drug-likeness (QED) is 0.838. The van der Waals surface area contributed by atoms with Gasteiger partial charge in [0, 0.05) is 24.5 Å². The lowest BCUT2D eigenvalue weighted by molar-refractivity contribution is 0.369. The van der Waals surface area contributed by atoms with Gasteiger partial charge in [0.2, 0.25) is 0 Å². The summed E-state index contributed by atoms with van der Waals surface area (Å²) in [5.74, 6) is 0.830. The zero-order chi connectivity index (χ0) is 11.4. The molecule has 1 heterocycles. The first kappa shape index (κ1) is 11.6. The van der Waals surface area contributed by atoms with Crippen molar-refractivity contribution in [1.82, 2.24) is 10.3 Å². The Bertz CT molecular complexity index is 310. The molecule has 2 nitrogen and oxygen atoms in total. The number of nitrogens with zero attached hydrogens (tertiary/aromatic N) is 1. The lowest BCUT2D eigenvalue weighted by Gasteiger charge is -2.25. The molecule has 88 valence electrons. The van der Waals surface area contributed by atoms with Gasteiger partial charge in [0.1, 0.15) is 0 Å². The third-order valence-corrected chi connectivity index (χ3v) is 3.79. The number of hydrogen-bond donors (Lipinski definition) is 1. The molecule has 0 amide bonds. The summed E-state index contributed by atoms with van der Waals surface area (Å²) in [6.45, 7) is 4.61. The Hall–Kier alpha value is -0.890. The highest BCUT2D eigenvalue weighted by Crippen LogP contribution is 2.28. The van der Waals surface area contributed by atoms with E-state index in [2.05, 4.69) is 36.3 Å². The highest BCUT2D eigenvalue weighted by molar-refractivity contribution is 5.15. The maximum absolute atomic E-state index is 4.08. The molecule has 0 saturated heterocycles. The predicted molar refractivity (Wildman–Crippen MR) is 67.2 cm³/mol. The Morgan fingerprint density at radius 2 is 2.12 bits per heavy atom. The van der Waals surface area contributed by atoms with Crippen LogP contribution in [0.25, 0.3) is 0 Å². The predicted octanol–water partition coefficient (Wildman–Crippen LogP) is 3.31. The molecule has 3 unspecified atom stereocenters. The van der Waals surface area contributed by atoms with E-state index in [-0.39, 0.29) is 0 Å². The van der Waals surface area contributed by atoms with E-state index in [0.29, 0.717) is 12.1 Å². The Morgan fingerprint density at radius 1 is 1.38 bits per heavy atom. The van der Waals surface area contributed by atoms with Gasteiger partial charge in [-0.25, -0.2) is 0 Å². The van der Waals surface area contributed by atoms with Crippen molar-refractivity contribution in [2.45, 2.75) is 51.6 Å². The van der Waals surface area contributed by atoms with Gasteiger partial charge in [0.25, 0.3) is 0 Å². The van der Waals surface area contributed by atoms with Gasteiger partial charge in [-0.2, -0.15) is 0 Å². The van der Waals surface area contributed by atoms with Crippen LogP contribution in [0.3, 0.4) is 0 Å². The van der Waals surface area contributed by atoms with Gasteiger partial charge >= 0.3 is 0 Å². The summed E-state index contributed by atoms with van der Waals surface area (Å²) in [4.78, 5) is 4.08. The summed E-state index contributed by atoms with van der Waals surface area (Å²) in [5.41, 5.74) is 1.37. The smallest absolute Gasteiger partial charge is 0.0321 e.